The molecule has 3 nitrogen and oxygen atoms in total. The summed E-state index contributed by atoms with van der Waals surface area (Å²) in [4.78, 5) is 4.80. The van der Waals surface area contributed by atoms with Gasteiger partial charge in [0.05, 0.1) is 11.4 Å². The van der Waals surface area contributed by atoms with Gasteiger partial charge in [0.15, 0.2) is 0 Å². The maximum Gasteiger partial charge on any atom is 0.140 e. The van der Waals surface area contributed by atoms with Gasteiger partial charge in [-0.3, -0.25) is 0 Å². The van der Waals surface area contributed by atoms with Crippen molar-refractivity contribution in [3.63, 3.8) is 0 Å². The molecule has 0 saturated heterocycles. The van der Waals surface area contributed by atoms with Crippen molar-refractivity contribution in [2.45, 2.75) is 33.2 Å². The van der Waals surface area contributed by atoms with Crippen LogP contribution in [0.4, 0.5) is 0 Å². The maximum atomic E-state index is 5.95. The van der Waals surface area contributed by atoms with Crippen LogP contribution in [-0.4, -0.2) is 9.38 Å². The lowest BCUT2D eigenvalue weighted by molar-refractivity contribution is 0.924. The van der Waals surface area contributed by atoms with Crippen molar-refractivity contribution >= 4 is 5.65 Å². The number of fused-ring (bicyclic) bond motifs is 1. The first kappa shape index (κ1) is 13.8. The Bertz CT molecular complexity index is 754. The highest BCUT2D eigenvalue weighted by Gasteiger charge is 2.12. The molecule has 0 amide bonds. The molecule has 21 heavy (non-hydrogen) atoms. The Balaban J connectivity index is 2.01. The van der Waals surface area contributed by atoms with Crippen molar-refractivity contribution < 1.29 is 0 Å². The normalized spacial score (nSPS) is 11.2. The SMILES string of the molecule is CCc1ccc(Cc2nc3c(C)cccn3c2CN)cc1. The number of pyridine rings is 1. The Morgan fingerprint density at radius 2 is 1.81 bits per heavy atom. The van der Waals surface area contributed by atoms with Crippen molar-refractivity contribution in [1.29, 1.82) is 0 Å². The summed E-state index contributed by atoms with van der Waals surface area (Å²) in [7, 11) is 0. The van der Waals surface area contributed by atoms with Crippen LogP contribution in [-0.2, 0) is 19.4 Å². The molecule has 0 aliphatic rings. The van der Waals surface area contributed by atoms with Crippen LogP contribution in [0.3, 0.4) is 0 Å². The summed E-state index contributed by atoms with van der Waals surface area (Å²) >= 11 is 0. The number of nitrogens with two attached hydrogens (primary N) is 1. The highest BCUT2D eigenvalue weighted by molar-refractivity contribution is 5.51. The Morgan fingerprint density at radius 3 is 2.48 bits per heavy atom. The van der Waals surface area contributed by atoms with E-state index >= 15 is 0 Å². The van der Waals surface area contributed by atoms with Gasteiger partial charge >= 0.3 is 0 Å². The molecule has 0 unspecified atom stereocenters. The number of aryl methyl sites for hydroxylation is 2. The van der Waals surface area contributed by atoms with Crippen molar-refractivity contribution in [3.8, 4) is 0 Å². The van der Waals surface area contributed by atoms with Gasteiger partial charge < -0.3 is 10.1 Å². The van der Waals surface area contributed by atoms with E-state index in [4.69, 9.17) is 10.7 Å². The molecule has 0 radical (unpaired) electrons. The first-order valence-corrected chi connectivity index (χ1v) is 7.46. The van der Waals surface area contributed by atoms with E-state index in [1.54, 1.807) is 0 Å². The third-order valence-corrected chi connectivity index (χ3v) is 4.02. The minimum atomic E-state index is 0.507. The topological polar surface area (TPSA) is 43.3 Å². The molecular weight excluding hydrogens is 258 g/mol. The monoisotopic (exact) mass is 279 g/mol. The van der Waals surface area contributed by atoms with Crippen molar-refractivity contribution in [1.82, 2.24) is 9.38 Å². The minimum absolute atomic E-state index is 0.507. The second-order valence-electron chi connectivity index (χ2n) is 5.44. The van der Waals surface area contributed by atoms with Crippen molar-refractivity contribution in [2.24, 2.45) is 5.73 Å². The molecule has 0 atom stereocenters. The Morgan fingerprint density at radius 1 is 1.10 bits per heavy atom. The van der Waals surface area contributed by atoms with Crippen LogP contribution in [0.15, 0.2) is 42.6 Å². The van der Waals surface area contributed by atoms with Gasteiger partial charge in [-0.25, -0.2) is 4.98 Å². The summed E-state index contributed by atoms with van der Waals surface area (Å²) < 4.78 is 2.12. The predicted octanol–water partition coefficient (Wildman–Crippen LogP) is 3.25. The van der Waals surface area contributed by atoms with Crippen molar-refractivity contribution in [2.75, 3.05) is 0 Å². The number of benzene rings is 1. The van der Waals surface area contributed by atoms with E-state index in [0.29, 0.717) is 6.54 Å². The molecule has 0 aliphatic carbocycles. The summed E-state index contributed by atoms with van der Waals surface area (Å²) in [5.41, 5.74) is 13.0. The number of imidazole rings is 1. The molecule has 2 N–H and O–H groups in total. The van der Waals surface area contributed by atoms with Gasteiger partial charge in [0, 0.05) is 19.2 Å². The van der Waals surface area contributed by atoms with E-state index in [9.17, 15) is 0 Å². The van der Waals surface area contributed by atoms with Crippen LogP contribution in [0.1, 0.15) is 35.0 Å². The van der Waals surface area contributed by atoms with Gasteiger partial charge in [-0.05, 0) is 36.1 Å². The highest BCUT2D eigenvalue weighted by Crippen LogP contribution is 2.19. The fourth-order valence-corrected chi connectivity index (χ4v) is 2.74. The zero-order chi connectivity index (χ0) is 14.8. The minimum Gasteiger partial charge on any atom is -0.325 e. The fraction of sp³-hybridized carbons (Fsp3) is 0.278. The first-order chi connectivity index (χ1) is 10.2. The quantitative estimate of drug-likeness (QED) is 0.796. The summed E-state index contributed by atoms with van der Waals surface area (Å²) in [5.74, 6) is 0. The van der Waals surface area contributed by atoms with Gasteiger partial charge in [-0.15, -0.1) is 0 Å². The summed E-state index contributed by atoms with van der Waals surface area (Å²) in [5, 5.41) is 0. The predicted molar refractivity (Wildman–Crippen MR) is 86.4 cm³/mol. The number of hydrogen-bond donors (Lipinski definition) is 1. The average Bonchev–Trinajstić information content (AvgIpc) is 2.87. The molecule has 3 aromatic rings. The van der Waals surface area contributed by atoms with E-state index in [1.807, 2.05) is 12.3 Å². The van der Waals surface area contributed by atoms with Gasteiger partial charge in [0.1, 0.15) is 5.65 Å². The number of aromatic nitrogens is 2. The maximum absolute atomic E-state index is 5.95. The highest BCUT2D eigenvalue weighted by atomic mass is 15.0. The second-order valence-corrected chi connectivity index (χ2v) is 5.44. The molecule has 0 saturated carbocycles. The largest absolute Gasteiger partial charge is 0.325 e. The second kappa shape index (κ2) is 5.70. The van der Waals surface area contributed by atoms with E-state index < -0.39 is 0 Å². The molecule has 108 valence electrons. The zero-order valence-electron chi connectivity index (χ0n) is 12.6. The lowest BCUT2D eigenvalue weighted by atomic mass is 10.1. The first-order valence-electron chi connectivity index (χ1n) is 7.46. The van der Waals surface area contributed by atoms with E-state index in [1.165, 1.54) is 16.7 Å². The molecule has 2 aromatic heterocycles. The molecule has 3 rings (SSSR count). The molecule has 3 heteroatoms. The van der Waals surface area contributed by atoms with Crippen LogP contribution in [0.2, 0.25) is 0 Å². The van der Waals surface area contributed by atoms with Gasteiger partial charge in [0.25, 0.3) is 0 Å². The van der Waals surface area contributed by atoms with Gasteiger partial charge in [-0.2, -0.15) is 0 Å². The number of nitrogens with zero attached hydrogens (tertiary/aromatic N) is 2. The van der Waals surface area contributed by atoms with E-state index in [-0.39, 0.29) is 0 Å². The Hall–Kier alpha value is -2.13. The fourth-order valence-electron chi connectivity index (χ4n) is 2.74. The molecule has 0 aliphatic heterocycles. The third-order valence-electron chi connectivity index (χ3n) is 4.02. The molecule has 0 fully saturated rings. The van der Waals surface area contributed by atoms with Gasteiger partial charge in [-0.1, -0.05) is 37.3 Å². The van der Waals surface area contributed by atoms with Crippen LogP contribution < -0.4 is 5.73 Å². The van der Waals surface area contributed by atoms with Crippen molar-refractivity contribution in [3.05, 3.63) is 70.7 Å². The lowest BCUT2D eigenvalue weighted by Crippen LogP contribution is -2.04. The summed E-state index contributed by atoms with van der Waals surface area (Å²) in [6.07, 6.45) is 3.95. The molecule has 0 bridgehead atoms. The zero-order valence-corrected chi connectivity index (χ0v) is 12.6. The standard InChI is InChI=1S/C18H21N3/c1-3-14-6-8-15(9-7-14)11-16-17(12-19)21-10-4-5-13(2)18(21)20-16/h4-10H,3,11-12,19H2,1-2H3. The number of hydrogen-bond acceptors (Lipinski definition) is 2. The van der Waals surface area contributed by atoms with Crippen LogP contribution >= 0.6 is 0 Å². The Labute approximate surface area is 125 Å². The summed E-state index contributed by atoms with van der Waals surface area (Å²) in [6.45, 7) is 4.77. The van der Waals surface area contributed by atoms with E-state index in [2.05, 4.69) is 48.6 Å². The molecule has 1 aromatic carbocycles. The molecule has 2 heterocycles. The molecule has 0 spiro atoms. The van der Waals surface area contributed by atoms with Crippen LogP contribution in [0, 0.1) is 6.92 Å². The van der Waals surface area contributed by atoms with Gasteiger partial charge in [0.2, 0.25) is 0 Å². The van der Waals surface area contributed by atoms with E-state index in [0.717, 1.165) is 29.9 Å². The van der Waals surface area contributed by atoms with Crippen LogP contribution in [0.5, 0.6) is 0 Å². The average molecular weight is 279 g/mol. The Kier molecular flexibility index (Phi) is 3.76. The van der Waals surface area contributed by atoms with Crippen LogP contribution in [0.25, 0.3) is 5.65 Å². The molecular formula is C18H21N3. The number of rotatable bonds is 4. The third kappa shape index (κ3) is 2.57. The summed E-state index contributed by atoms with van der Waals surface area (Å²) in [6, 6.07) is 12.9. The lowest BCUT2D eigenvalue weighted by Gasteiger charge is -2.04. The smallest absolute Gasteiger partial charge is 0.140 e.